The fourth-order valence-electron chi connectivity index (χ4n) is 3.67. The summed E-state index contributed by atoms with van der Waals surface area (Å²) >= 11 is 0. The Morgan fingerprint density at radius 2 is 1.75 bits per heavy atom. The maximum atomic E-state index is 12.3. The maximum absolute atomic E-state index is 12.3. The second-order valence-corrected chi connectivity index (χ2v) is 7.72. The molecule has 3 amide bonds. The van der Waals surface area contributed by atoms with Gasteiger partial charge in [-0.3, -0.25) is 9.59 Å². The van der Waals surface area contributed by atoms with Crippen LogP contribution in [0.3, 0.4) is 0 Å². The van der Waals surface area contributed by atoms with Crippen molar-refractivity contribution in [2.24, 2.45) is 5.92 Å². The van der Waals surface area contributed by atoms with Crippen molar-refractivity contribution in [3.05, 3.63) is 60.2 Å². The number of nitrogens with zero attached hydrogens (tertiary/aromatic N) is 1. The van der Waals surface area contributed by atoms with Gasteiger partial charge in [0.25, 0.3) is 0 Å². The topological polar surface area (TPSA) is 99.8 Å². The number of anilines is 2. The summed E-state index contributed by atoms with van der Waals surface area (Å²) in [5, 5.41) is 8.55. The van der Waals surface area contributed by atoms with E-state index in [1.54, 1.807) is 0 Å². The second kappa shape index (κ2) is 11.7. The van der Waals surface area contributed by atoms with Crippen molar-refractivity contribution in [3.8, 4) is 0 Å². The maximum Gasteiger partial charge on any atom is 0.319 e. The smallest absolute Gasteiger partial charge is 0.319 e. The van der Waals surface area contributed by atoms with Crippen LogP contribution >= 0.6 is 0 Å². The van der Waals surface area contributed by atoms with E-state index in [-0.39, 0.29) is 30.2 Å². The Bertz CT molecular complexity index is 911. The van der Waals surface area contributed by atoms with E-state index in [1.165, 1.54) is 7.11 Å². The fourth-order valence-corrected chi connectivity index (χ4v) is 3.67. The third-order valence-corrected chi connectivity index (χ3v) is 5.49. The van der Waals surface area contributed by atoms with Gasteiger partial charge in [-0.25, -0.2) is 4.79 Å². The molecule has 1 aliphatic rings. The third kappa shape index (κ3) is 7.01. The number of rotatable bonds is 8. The molecule has 8 heteroatoms. The van der Waals surface area contributed by atoms with Gasteiger partial charge >= 0.3 is 12.0 Å². The number of ether oxygens (including phenoxy) is 1. The molecule has 0 unspecified atom stereocenters. The lowest BCUT2D eigenvalue weighted by molar-refractivity contribution is -0.140. The first-order valence-electron chi connectivity index (χ1n) is 10.8. The number of amides is 3. The van der Waals surface area contributed by atoms with Crippen molar-refractivity contribution in [3.63, 3.8) is 0 Å². The molecular formula is C24H30N4O4. The van der Waals surface area contributed by atoms with Crippen molar-refractivity contribution >= 4 is 29.3 Å². The summed E-state index contributed by atoms with van der Waals surface area (Å²) < 4.78 is 4.58. The summed E-state index contributed by atoms with van der Waals surface area (Å²) in [7, 11) is 1.33. The molecule has 1 aliphatic heterocycles. The van der Waals surface area contributed by atoms with Crippen LogP contribution in [0.25, 0.3) is 0 Å². The SMILES string of the molecule is COC(=O)CCNC(=O)C1CCN(c2cccc(NC(=O)NCc3ccccc3)c2)CC1. The number of carbonyl (C=O) groups is 3. The molecule has 0 bridgehead atoms. The Balaban J connectivity index is 1.44. The third-order valence-electron chi connectivity index (χ3n) is 5.49. The highest BCUT2D eigenvalue weighted by Crippen LogP contribution is 2.25. The average Bonchev–Trinajstić information content (AvgIpc) is 2.83. The van der Waals surface area contributed by atoms with Gasteiger partial charge in [-0.15, -0.1) is 0 Å². The minimum atomic E-state index is -0.331. The van der Waals surface area contributed by atoms with E-state index in [9.17, 15) is 14.4 Å². The van der Waals surface area contributed by atoms with Gasteiger partial charge in [-0.1, -0.05) is 36.4 Å². The van der Waals surface area contributed by atoms with E-state index in [0.717, 1.165) is 42.9 Å². The van der Waals surface area contributed by atoms with Gasteiger partial charge in [-0.05, 0) is 36.6 Å². The predicted molar refractivity (Wildman–Crippen MR) is 123 cm³/mol. The summed E-state index contributed by atoms with van der Waals surface area (Å²) in [5.41, 5.74) is 2.76. The highest BCUT2D eigenvalue weighted by molar-refractivity contribution is 5.89. The molecule has 3 rings (SSSR count). The summed E-state index contributed by atoms with van der Waals surface area (Å²) in [5.74, 6) is -0.407. The van der Waals surface area contributed by atoms with Crippen LogP contribution in [0.1, 0.15) is 24.8 Å². The monoisotopic (exact) mass is 438 g/mol. The molecule has 8 nitrogen and oxygen atoms in total. The standard InChI is InChI=1S/C24H30N4O4/c1-32-22(29)10-13-25-23(30)19-11-14-28(15-12-19)21-9-5-8-20(16-21)27-24(31)26-17-18-6-3-2-4-7-18/h2-9,16,19H,10-15,17H2,1H3,(H,25,30)(H2,26,27,31). The summed E-state index contributed by atoms with van der Waals surface area (Å²) in [6.07, 6.45) is 1.65. The lowest BCUT2D eigenvalue weighted by Gasteiger charge is -2.33. The average molecular weight is 439 g/mol. The van der Waals surface area contributed by atoms with Crippen LogP contribution < -0.4 is 20.9 Å². The van der Waals surface area contributed by atoms with Gasteiger partial charge < -0.3 is 25.6 Å². The van der Waals surface area contributed by atoms with E-state index in [4.69, 9.17) is 0 Å². The van der Waals surface area contributed by atoms with Gasteiger partial charge in [-0.2, -0.15) is 0 Å². The number of methoxy groups -OCH3 is 1. The number of urea groups is 1. The number of piperidine rings is 1. The largest absolute Gasteiger partial charge is 0.469 e. The molecular weight excluding hydrogens is 408 g/mol. The van der Waals surface area contributed by atoms with E-state index in [1.807, 2.05) is 54.6 Å². The van der Waals surface area contributed by atoms with Crippen LogP contribution in [0.5, 0.6) is 0 Å². The first-order valence-corrected chi connectivity index (χ1v) is 10.8. The quantitative estimate of drug-likeness (QED) is 0.551. The minimum absolute atomic E-state index is 0.0148. The molecule has 2 aromatic carbocycles. The van der Waals surface area contributed by atoms with E-state index in [0.29, 0.717) is 13.1 Å². The van der Waals surface area contributed by atoms with Crippen molar-refractivity contribution in [1.82, 2.24) is 10.6 Å². The van der Waals surface area contributed by atoms with Crippen LogP contribution in [0.15, 0.2) is 54.6 Å². The first kappa shape index (κ1) is 23.1. The Morgan fingerprint density at radius 3 is 2.47 bits per heavy atom. The molecule has 0 aliphatic carbocycles. The van der Waals surface area contributed by atoms with Crippen LogP contribution in [0, 0.1) is 5.92 Å². The number of esters is 1. The van der Waals surface area contributed by atoms with Crippen LogP contribution in [-0.4, -0.2) is 44.7 Å². The number of hydrogen-bond donors (Lipinski definition) is 3. The van der Waals surface area contributed by atoms with E-state index >= 15 is 0 Å². The van der Waals surface area contributed by atoms with E-state index < -0.39 is 0 Å². The number of benzene rings is 2. The molecule has 2 aromatic rings. The lowest BCUT2D eigenvalue weighted by atomic mass is 9.95. The minimum Gasteiger partial charge on any atom is -0.469 e. The van der Waals surface area contributed by atoms with Gasteiger partial charge in [0, 0.05) is 43.5 Å². The van der Waals surface area contributed by atoms with Gasteiger partial charge in [0.2, 0.25) is 5.91 Å². The molecule has 1 fully saturated rings. The zero-order valence-electron chi connectivity index (χ0n) is 18.3. The molecule has 0 atom stereocenters. The van der Waals surface area contributed by atoms with Gasteiger partial charge in [0.15, 0.2) is 0 Å². The highest BCUT2D eigenvalue weighted by atomic mass is 16.5. The Kier molecular flexibility index (Phi) is 8.48. The normalized spacial score (nSPS) is 13.8. The number of nitrogens with one attached hydrogen (secondary N) is 3. The van der Waals surface area contributed by atoms with Gasteiger partial charge in [0.1, 0.15) is 0 Å². The van der Waals surface area contributed by atoms with Crippen LogP contribution in [0.2, 0.25) is 0 Å². The van der Waals surface area contributed by atoms with E-state index in [2.05, 4.69) is 25.6 Å². The molecule has 0 aromatic heterocycles. The first-order chi connectivity index (χ1) is 15.5. The van der Waals surface area contributed by atoms with Gasteiger partial charge in [0.05, 0.1) is 13.5 Å². The van der Waals surface area contributed by atoms with Crippen molar-refractivity contribution < 1.29 is 19.1 Å². The Morgan fingerprint density at radius 1 is 1.00 bits per heavy atom. The Labute approximate surface area is 188 Å². The molecule has 0 saturated carbocycles. The molecule has 3 N–H and O–H groups in total. The predicted octanol–water partition coefficient (Wildman–Crippen LogP) is 2.90. The van der Waals surface area contributed by atoms with Crippen molar-refractivity contribution in [1.29, 1.82) is 0 Å². The zero-order valence-corrected chi connectivity index (χ0v) is 18.3. The highest BCUT2D eigenvalue weighted by Gasteiger charge is 2.25. The lowest BCUT2D eigenvalue weighted by Crippen LogP contribution is -2.41. The zero-order chi connectivity index (χ0) is 22.8. The number of hydrogen-bond acceptors (Lipinski definition) is 5. The van der Waals surface area contributed by atoms with Crippen molar-refractivity contribution in [2.75, 3.05) is 37.0 Å². The van der Waals surface area contributed by atoms with Crippen LogP contribution in [-0.2, 0) is 20.9 Å². The molecule has 1 saturated heterocycles. The summed E-state index contributed by atoms with van der Waals surface area (Å²) in [6.45, 7) is 2.25. The van der Waals surface area contributed by atoms with Crippen molar-refractivity contribution in [2.45, 2.75) is 25.8 Å². The fraction of sp³-hybridized carbons (Fsp3) is 0.375. The second-order valence-electron chi connectivity index (χ2n) is 7.72. The molecule has 1 heterocycles. The number of carbonyl (C=O) groups excluding carboxylic acids is 3. The molecule has 170 valence electrons. The van der Waals surface area contributed by atoms with Crippen LogP contribution in [0.4, 0.5) is 16.2 Å². The molecule has 0 spiro atoms. The Hall–Kier alpha value is -3.55. The summed E-state index contributed by atoms with van der Waals surface area (Å²) in [6, 6.07) is 17.2. The molecule has 0 radical (unpaired) electrons. The summed E-state index contributed by atoms with van der Waals surface area (Å²) in [4.78, 5) is 37.9. The molecule has 32 heavy (non-hydrogen) atoms.